The van der Waals surface area contributed by atoms with Crippen LogP contribution < -0.4 is 4.90 Å². The van der Waals surface area contributed by atoms with Gasteiger partial charge in [0.15, 0.2) is 0 Å². The maximum Gasteiger partial charge on any atom is 0.146 e. The van der Waals surface area contributed by atoms with Gasteiger partial charge in [0.1, 0.15) is 17.2 Å². The highest BCUT2D eigenvalue weighted by molar-refractivity contribution is 5.97. The lowest BCUT2D eigenvalue weighted by atomic mass is 9.92. The molecule has 1 fully saturated rings. The number of imidazole rings is 1. The smallest absolute Gasteiger partial charge is 0.146 e. The highest BCUT2D eigenvalue weighted by Gasteiger charge is 2.33. The van der Waals surface area contributed by atoms with Crippen LogP contribution in [0.2, 0.25) is 0 Å². The van der Waals surface area contributed by atoms with Crippen molar-refractivity contribution in [2.45, 2.75) is 45.1 Å². The standard InChI is InChI=1S/C28H27N3/c1-20-15-17-21(18-16-20)25-19-24-13-8-14-26-29-27(22-9-4-2-5-10-22)28(31(24)26)30(25)23-11-6-3-7-12-23/h2,4-5,8-10,13-19,23H,3,6-7,11-12H2,1H3. The fraction of sp³-hybridized carbons (Fsp3) is 0.250. The van der Waals surface area contributed by atoms with Crippen LogP contribution in [0.5, 0.6) is 0 Å². The number of aryl methyl sites for hydroxylation is 1. The highest BCUT2D eigenvalue weighted by atomic mass is 15.3. The quantitative estimate of drug-likeness (QED) is 0.367. The Hall–Kier alpha value is -3.33. The number of hydrogen-bond acceptors (Lipinski definition) is 2. The summed E-state index contributed by atoms with van der Waals surface area (Å²) in [5, 5.41) is 0. The lowest BCUT2D eigenvalue weighted by Gasteiger charge is -2.40. The number of rotatable bonds is 3. The maximum atomic E-state index is 5.13. The van der Waals surface area contributed by atoms with Crippen molar-refractivity contribution in [2.24, 2.45) is 0 Å². The molecule has 4 aromatic rings. The van der Waals surface area contributed by atoms with Gasteiger partial charge in [-0.2, -0.15) is 0 Å². The largest absolute Gasteiger partial charge is 0.322 e. The van der Waals surface area contributed by atoms with Gasteiger partial charge in [0, 0.05) is 11.6 Å². The predicted molar refractivity (Wildman–Crippen MR) is 129 cm³/mol. The van der Waals surface area contributed by atoms with Crippen molar-refractivity contribution in [3.05, 3.63) is 89.6 Å². The summed E-state index contributed by atoms with van der Waals surface area (Å²) >= 11 is 0. The number of nitrogens with zero attached hydrogens (tertiary/aromatic N) is 3. The van der Waals surface area contributed by atoms with Gasteiger partial charge in [-0.15, -0.1) is 0 Å². The summed E-state index contributed by atoms with van der Waals surface area (Å²) in [5.74, 6) is 1.22. The molecule has 0 unspecified atom stereocenters. The molecule has 0 bridgehead atoms. The molecular weight excluding hydrogens is 378 g/mol. The molecule has 1 aliphatic heterocycles. The second-order valence-corrected chi connectivity index (χ2v) is 8.85. The van der Waals surface area contributed by atoms with Crippen LogP contribution in [0.15, 0.2) is 72.8 Å². The fourth-order valence-corrected chi connectivity index (χ4v) is 5.21. The zero-order valence-corrected chi connectivity index (χ0v) is 18.0. The van der Waals surface area contributed by atoms with Gasteiger partial charge in [0.05, 0.1) is 11.4 Å². The predicted octanol–water partition coefficient (Wildman–Crippen LogP) is 6.96. The normalized spacial score (nSPS) is 16.5. The summed E-state index contributed by atoms with van der Waals surface area (Å²) in [6.07, 6.45) is 8.76. The van der Waals surface area contributed by atoms with Crippen LogP contribution in [-0.2, 0) is 0 Å². The van der Waals surface area contributed by atoms with Gasteiger partial charge in [-0.1, -0.05) is 85.5 Å². The number of hydrogen-bond donors (Lipinski definition) is 0. The van der Waals surface area contributed by atoms with Gasteiger partial charge in [-0.3, -0.25) is 4.40 Å². The van der Waals surface area contributed by atoms with Gasteiger partial charge >= 0.3 is 0 Å². The third-order valence-electron chi connectivity index (χ3n) is 6.76. The summed E-state index contributed by atoms with van der Waals surface area (Å²) in [6, 6.07) is 26.6. The van der Waals surface area contributed by atoms with Crippen LogP contribution in [0.1, 0.15) is 48.9 Å². The Labute approximate surface area is 183 Å². The first-order chi connectivity index (χ1) is 15.3. The van der Waals surface area contributed by atoms with Gasteiger partial charge in [-0.05, 0) is 43.5 Å². The molecule has 6 rings (SSSR count). The average molecular weight is 406 g/mol. The second kappa shape index (κ2) is 7.42. The average Bonchev–Trinajstić information content (AvgIpc) is 3.22. The minimum absolute atomic E-state index is 0.497. The van der Waals surface area contributed by atoms with Crippen LogP contribution in [0.4, 0.5) is 5.82 Å². The summed E-state index contributed by atoms with van der Waals surface area (Å²) in [5.41, 5.74) is 8.34. The van der Waals surface area contributed by atoms with E-state index in [1.165, 1.54) is 66.0 Å². The Bertz CT molecular complexity index is 1260. The van der Waals surface area contributed by atoms with E-state index in [-0.39, 0.29) is 0 Å². The van der Waals surface area contributed by atoms with Crippen molar-refractivity contribution < 1.29 is 0 Å². The topological polar surface area (TPSA) is 20.5 Å². The molecule has 0 amide bonds. The number of pyridine rings is 1. The SMILES string of the molecule is Cc1ccc(C2=Cc3cccc4nc(-c5ccccc5)c(n34)N2C2CCCCC2)cc1. The zero-order chi connectivity index (χ0) is 20.8. The fourth-order valence-electron chi connectivity index (χ4n) is 5.21. The second-order valence-electron chi connectivity index (χ2n) is 8.85. The minimum atomic E-state index is 0.497. The first kappa shape index (κ1) is 18.4. The lowest BCUT2D eigenvalue weighted by Crippen LogP contribution is -2.38. The molecular formula is C28H27N3. The monoisotopic (exact) mass is 405 g/mol. The molecule has 3 heterocycles. The van der Waals surface area contributed by atoms with E-state index in [1.807, 2.05) is 0 Å². The van der Waals surface area contributed by atoms with Crippen LogP contribution in [0.25, 0.3) is 28.7 Å². The summed E-state index contributed by atoms with van der Waals surface area (Å²) in [4.78, 5) is 7.74. The number of aromatic nitrogens is 2. The first-order valence-electron chi connectivity index (χ1n) is 11.4. The first-order valence-corrected chi connectivity index (χ1v) is 11.4. The molecule has 0 saturated heterocycles. The molecule has 0 atom stereocenters. The molecule has 154 valence electrons. The van der Waals surface area contributed by atoms with E-state index in [4.69, 9.17) is 4.98 Å². The Morgan fingerprint density at radius 2 is 1.55 bits per heavy atom. The summed E-state index contributed by atoms with van der Waals surface area (Å²) < 4.78 is 2.36. The van der Waals surface area contributed by atoms with Crippen molar-refractivity contribution in [3.8, 4) is 11.3 Å². The van der Waals surface area contributed by atoms with E-state index in [9.17, 15) is 0 Å². The van der Waals surface area contributed by atoms with E-state index in [0.29, 0.717) is 6.04 Å². The van der Waals surface area contributed by atoms with Crippen molar-refractivity contribution in [1.82, 2.24) is 9.38 Å². The molecule has 0 N–H and O–H groups in total. The van der Waals surface area contributed by atoms with Crippen molar-refractivity contribution in [1.29, 1.82) is 0 Å². The molecule has 2 aliphatic rings. The van der Waals surface area contributed by atoms with Gasteiger partial charge < -0.3 is 4.90 Å². The Balaban J connectivity index is 1.63. The van der Waals surface area contributed by atoms with Crippen LogP contribution >= 0.6 is 0 Å². The van der Waals surface area contributed by atoms with E-state index in [0.717, 1.165) is 11.3 Å². The van der Waals surface area contributed by atoms with E-state index in [2.05, 4.69) is 95.1 Å². The number of anilines is 1. The Morgan fingerprint density at radius 3 is 2.32 bits per heavy atom. The van der Waals surface area contributed by atoms with Crippen molar-refractivity contribution >= 4 is 23.2 Å². The van der Waals surface area contributed by atoms with Crippen molar-refractivity contribution in [2.75, 3.05) is 4.90 Å². The van der Waals surface area contributed by atoms with E-state index < -0.39 is 0 Å². The summed E-state index contributed by atoms with van der Waals surface area (Å²) in [7, 11) is 0. The molecule has 3 heteroatoms. The third-order valence-corrected chi connectivity index (χ3v) is 6.76. The molecule has 0 spiro atoms. The van der Waals surface area contributed by atoms with E-state index in [1.54, 1.807) is 0 Å². The lowest BCUT2D eigenvalue weighted by molar-refractivity contribution is 0.435. The van der Waals surface area contributed by atoms with Gasteiger partial charge in [0.25, 0.3) is 0 Å². The minimum Gasteiger partial charge on any atom is -0.322 e. The molecule has 1 aliphatic carbocycles. The molecule has 3 nitrogen and oxygen atoms in total. The molecule has 31 heavy (non-hydrogen) atoms. The van der Waals surface area contributed by atoms with Gasteiger partial charge in [-0.25, -0.2) is 4.98 Å². The maximum absolute atomic E-state index is 5.13. The molecule has 1 saturated carbocycles. The molecule has 0 radical (unpaired) electrons. The number of benzene rings is 2. The van der Waals surface area contributed by atoms with Crippen molar-refractivity contribution in [3.63, 3.8) is 0 Å². The summed E-state index contributed by atoms with van der Waals surface area (Å²) in [6.45, 7) is 2.15. The molecule has 2 aromatic heterocycles. The Morgan fingerprint density at radius 1 is 0.774 bits per heavy atom. The molecule has 2 aromatic carbocycles. The highest BCUT2D eigenvalue weighted by Crippen LogP contribution is 2.44. The van der Waals surface area contributed by atoms with Crippen LogP contribution in [0.3, 0.4) is 0 Å². The third kappa shape index (κ3) is 3.07. The van der Waals surface area contributed by atoms with Crippen LogP contribution in [0, 0.1) is 6.92 Å². The Kier molecular flexibility index (Phi) is 4.41. The van der Waals surface area contributed by atoms with E-state index >= 15 is 0 Å². The zero-order valence-electron chi connectivity index (χ0n) is 18.0. The van der Waals surface area contributed by atoms with Crippen LogP contribution in [-0.4, -0.2) is 15.4 Å². The van der Waals surface area contributed by atoms with Gasteiger partial charge in [0.2, 0.25) is 0 Å².